The molecule has 6 heteroatoms. The maximum atomic E-state index is 12.0. The van der Waals surface area contributed by atoms with Crippen LogP contribution < -0.4 is 10.9 Å². The molecule has 0 aromatic carbocycles. The molecule has 1 aliphatic heterocycles. The minimum atomic E-state index is -0.142. The monoisotopic (exact) mass is 306 g/mol. The first kappa shape index (κ1) is 16.7. The topological polar surface area (TPSA) is 78.1 Å². The molecule has 0 bridgehead atoms. The number of H-pyrrole nitrogens is 1. The number of amides is 1. The van der Waals surface area contributed by atoms with Crippen molar-refractivity contribution < 1.29 is 4.79 Å². The van der Waals surface area contributed by atoms with Gasteiger partial charge in [-0.25, -0.2) is 4.98 Å². The molecular weight excluding hydrogens is 280 g/mol. The van der Waals surface area contributed by atoms with Gasteiger partial charge in [0.15, 0.2) is 0 Å². The first-order valence-electron chi connectivity index (χ1n) is 8.12. The number of rotatable bonds is 6. The molecule has 22 heavy (non-hydrogen) atoms. The molecule has 1 aromatic heterocycles. The third-order valence-corrected chi connectivity index (χ3v) is 4.24. The number of nitrogens with zero attached hydrogens (tertiary/aromatic N) is 2. The van der Waals surface area contributed by atoms with Crippen LogP contribution in [0.5, 0.6) is 0 Å². The molecule has 0 aliphatic carbocycles. The lowest BCUT2D eigenvalue weighted by atomic mass is 9.93. The van der Waals surface area contributed by atoms with E-state index in [2.05, 4.69) is 27.1 Å². The van der Waals surface area contributed by atoms with Crippen LogP contribution in [-0.2, 0) is 11.2 Å². The summed E-state index contributed by atoms with van der Waals surface area (Å²) in [6.45, 7) is 7.77. The highest BCUT2D eigenvalue weighted by Crippen LogP contribution is 2.19. The van der Waals surface area contributed by atoms with Crippen LogP contribution in [0.15, 0.2) is 10.9 Å². The number of piperidine rings is 1. The van der Waals surface area contributed by atoms with Crippen molar-refractivity contribution in [3.05, 3.63) is 27.9 Å². The Hall–Kier alpha value is -1.69. The molecule has 2 N–H and O–H groups in total. The third-order valence-electron chi connectivity index (χ3n) is 4.24. The number of carbonyl (C=O) groups excluding carboxylic acids is 1. The van der Waals surface area contributed by atoms with Gasteiger partial charge >= 0.3 is 0 Å². The number of likely N-dealkylation sites (tertiary alicyclic amines) is 1. The number of hydrogen-bond acceptors (Lipinski definition) is 4. The van der Waals surface area contributed by atoms with Crippen LogP contribution in [0.4, 0.5) is 0 Å². The van der Waals surface area contributed by atoms with Gasteiger partial charge in [0.1, 0.15) is 5.82 Å². The van der Waals surface area contributed by atoms with Crippen molar-refractivity contribution >= 4 is 5.91 Å². The van der Waals surface area contributed by atoms with Crippen LogP contribution in [0, 0.1) is 12.8 Å². The van der Waals surface area contributed by atoms with E-state index in [1.807, 2.05) is 0 Å². The Labute approximate surface area is 131 Å². The number of aromatic amines is 1. The van der Waals surface area contributed by atoms with Crippen LogP contribution in [0.2, 0.25) is 0 Å². The summed E-state index contributed by atoms with van der Waals surface area (Å²) in [5, 5.41) is 2.94. The highest BCUT2D eigenvalue weighted by molar-refractivity contribution is 5.76. The zero-order chi connectivity index (χ0) is 15.9. The van der Waals surface area contributed by atoms with Gasteiger partial charge in [0.25, 0.3) is 5.56 Å². The Balaban J connectivity index is 1.68. The molecule has 0 spiro atoms. The van der Waals surface area contributed by atoms with Gasteiger partial charge in [-0.3, -0.25) is 9.59 Å². The van der Waals surface area contributed by atoms with Crippen molar-refractivity contribution in [3.8, 4) is 0 Å². The van der Waals surface area contributed by atoms with E-state index in [-0.39, 0.29) is 11.5 Å². The predicted octanol–water partition coefficient (Wildman–Crippen LogP) is 0.859. The van der Waals surface area contributed by atoms with Gasteiger partial charge in [0, 0.05) is 31.1 Å². The number of hydrogen-bond donors (Lipinski definition) is 2. The molecule has 6 nitrogen and oxygen atoms in total. The Morgan fingerprint density at radius 1 is 1.45 bits per heavy atom. The van der Waals surface area contributed by atoms with Crippen LogP contribution in [-0.4, -0.2) is 47.0 Å². The zero-order valence-electron chi connectivity index (χ0n) is 13.5. The number of aromatic nitrogens is 2. The van der Waals surface area contributed by atoms with E-state index in [0.29, 0.717) is 31.1 Å². The zero-order valence-corrected chi connectivity index (χ0v) is 13.5. The molecule has 0 saturated carbocycles. The van der Waals surface area contributed by atoms with Crippen LogP contribution in [0.3, 0.4) is 0 Å². The summed E-state index contributed by atoms with van der Waals surface area (Å²) in [5.74, 6) is 1.22. The van der Waals surface area contributed by atoms with Crippen molar-refractivity contribution in [2.75, 3.05) is 26.2 Å². The molecule has 0 radical (unpaired) electrons. The van der Waals surface area contributed by atoms with Gasteiger partial charge in [-0.1, -0.05) is 6.92 Å². The summed E-state index contributed by atoms with van der Waals surface area (Å²) < 4.78 is 0. The number of carbonyl (C=O) groups is 1. The Bertz CT molecular complexity index is 547. The Kier molecular flexibility index (Phi) is 6.12. The van der Waals surface area contributed by atoms with Gasteiger partial charge in [0.2, 0.25) is 5.91 Å². The summed E-state index contributed by atoms with van der Waals surface area (Å²) in [5.41, 5.74) is 0.578. The molecule has 1 fully saturated rings. The van der Waals surface area contributed by atoms with E-state index in [1.54, 1.807) is 6.92 Å². The van der Waals surface area contributed by atoms with Gasteiger partial charge in [-0.05, 0) is 45.3 Å². The minimum absolute atomic E-state index is 0.108. The second kappa shape index (κ2) is 8.08. The largest absolute Gasteiger partial charge is 0.356 e. The second-order valence-corrected chi connectivity index (χ2v) is 6.00. The fraction of sp³-hybridized carbons (Fsp3) is 0.688. The molecule has 1 saturated heterocycles. The van der Waals surface area contributed by atoms with E-state index in [4.69, 9.17) is 0 Å². The summed E-state index contributed by atoms with van der Waals surface area (Å²) in [6, 6.07) is 1.49. The van der Waals surface area contributed by atoms with E-state index in [9.17, 15) is 9.59 Å². The molecule has 1 amide bonds. The fourth-order valence-corrected chi connectivity index (χ4v) is 2.94. The van der Waals surface area contributed by atoms with Crippen molar-refractivity contribution in [1.82, 2.24) is 20.2 Å². The third kappa shape index (κ3) is 5.26. The number of aryl methyl sites for hydroxylation is 1. The standard InChI is InChI=1S/C16H26N4O2/c1-3-20-8-5-13(6-9-20)10-15(21)17-7-4-14-11-16(22)19-12(2)18-14/h11,13H,3-10H2,1-2H3,(H,17,21)(H,18,19,22). The van der Waals surface area contributed by atoms with Crippen LogP contribution in [0.1, 0.15) is 37.7 Å². The smallest absolute Gasteiger partial charge is 0.251 e. The molecule has 0 unspecified atom stereocenters. The Morgan fingerprint density at radius 3 is 2.82 bits per heavy atom. The van der Waals surface area contributed by atoms with E-state index in [1.165, 1.54) is 6.07 Å². The van der Waals surface area contributed by atoms with Crippen molar-refractivity contribution in [2.45, 2.75) is 39.5 Å². The van der Waals surface area contributed by atoms with Crippen molar-refractivity contribution in [3.63, 3.8) is 0 Å². The first-order valence-corrected chi connectivity index (χ1v) is 8.12. The summed E-state index contributed by atoms with van der Waals surface area (Å²) in [7, 11) is 0. The molecule has 0 atom stereocenters. The molecule has 2 rings (SSSR count). The molecule has 2 heterocycles. The normalized spacial score (nSPS) is 16.6. The Morgan fingerprint density at radius 2 is 2.18 bits per heavy atom. The summed E-state index contributed by atoms with van der Waals surface area (Å²) >= 11 is 0. The lowest BCUT2D eigenvalue weighted by Crippen LogP contribution is -2.36. The average Bonchev–Trinajstić information content (AvgIpc) is 2.47. The van der Waals surface area contributed by atoms with E-state index < -0.39 is 0 Å². The highest BCUT2D eigenvalue weighted by Gasteiger charge is 2.20. The van der Waals surface area contributed by atoms with E-state index in [0.717, 1.165) is 38.2 Å². The number of nitrogens with one attached hydrogen (secondary N) is 2. The predicted molar refractivity (Wildman–Crippen MR) is 85.8 cm³/mol. The fourth-order valence-electron chi connectivity index (χ4n) is 2.94. The minimum Gasteiger partial charge on any atom is -0.356 e. The quantitative estimate of drug-likeness (QED) is 0.817. The molecule has 1 aliphatic rings. The second-order valence-electron chi connectivity index (χ2n) is 6.00. The molecule has 122 valence electrons. The highest BCUT2D eigenvalue weighted by atomic mass is 16.1. The van der Waals surface area contributed by atoms with Gasteiger partial charge < -0.3 is 15.2 Å². The van der Waals surface area contributed by atoms with Crippen molar-refractivity contribution in [2.24, 2.45) is 5.92 Å². The first-order chi connectivity index (χ1) is 10.6. The van der Waals surface area contributed by atoms with Gasteiger partial charge in [0.05, 0.1) is 0 Å². The van der Waals surface area contributed by atoms with Crippen LogP contribution in [0.25, 0.3) is 0 Å². The van der Waals surface area contributed by atoms with Gasteiger partial charge in [-0.2, -0.15) is 0 Å². The van der Waals surface area contributed by atoms with Gasteiger partial charge in [-0.15, -0.1) is 0 Å². The lowest BCUT2D eigenvalue weighted by Gasteiger charge is -2.30. The van der Waals surface area contributed by atoms with Crippen molar-refractivity contribution in [1.29, 1.82) is 0 Å². The summed E-state index contributed by atoms with van der Waals surface area (Å²) in [6.07, 6.45) is 3.41. The lowest BCUT2D eigenvalue weighted by molar-refractivity contribution is -0.122. The summed E-state index contributed by atoms with van der Waals surface area (Å²) in [4.78, 5) is 32.6. The maximum Gasteiger partial charge on any atom is 0.251 e. The van der Waals surface area contributed by atoms with E-state index >= 15 is 0 Å². The SMILES string of the molecule is CCN1CCC(CC(=O)NCCc2cc(=O)[nH]c(C)n2)CC1. The maximum absolute atomic E-state index is 12.0. The molecular formula is C16H26N4O2. The van der Waals surface area contributed by atoms with Crippen LogP contribution >= 0.6 is 0 Å². The average molecular weight is 306 g/mol. The molecule has 1 aromatic rings.